The van der Waals surface area contributed by atoms with Crippen LogP contribution in [0.1, 0.15) is 24.1 Å². The van der Waals surface area contributed by atoms with Crippen LogP contribution in [0.4, 0.5) is 14.5 Å². The average molecular weight is 465 g/mol. The molecule has 10 heteroatoms. The van der Waals surface area contributed by atoms with Crippen molar-refractivity contribution in [3.63, 3.8) is 0 Å². The first-order valence-corrected chi connectivity index (χ1v) is 11.8. The highest BCUT2D eigenvalue weighted by Crippen LogP contribution is 2.29. The maximum atomic E-state index is 13.3. The normalized spacial score (nSPS) is 16.2. The molecule has 172 valence electrons. The van der Waals surface area contributed by atoms with Crippen LogP contribution in [0.3, 0.4) is 0 Å². The minimum atomic E-state index is -1.02. The Morgan fingerprint density at radius 3 is 2.75 bits per heavy atom. The fourth-order valence-electron chi connectivity index (χ4n) is 4.12. The highest BCUT2D eigenvalue weighted by atomic mass is 32.2. The number of hydrogen-bond acceptors (Lipinski definition) is 6. The van der Waals surface area contributed by atoms with Crippen molar-refractivity contribution >= 4 is 23.4 Å². The zero-order chi connectivity index (χ0) is 22.5. The number of amides is 1. The van der Waals surface area contributed by atoms with E-state index in [0.29, 0.717) is 11.6 Å². The Morgan fingerprint density at radius 1 is 1.16 bits per heavy atom. The van der Waals surface area contributed by atoms with Crippen molar-refractivity contribution in [3.8, 4) is 0 Å². The molecule has 4 rings (SSSR count). The molecule has 1 fully saturated rings. The monoisotopic (exact) mass is 464 g/mol. The van der Waals surface area contributed by atoms with Gasteiger partial charge in [0.25, 0.3) is 0 Å². The molecule has 0 unspecified atom stereocenters. The number of nitrogens with zero attached hydrogens (tertiary/aromatic N) is 3. The van der Waals surface area contributed by atoms with Crippen molar-refractivity contribution in [2.45, 2.75) is 37.3 Å². The van der Waals surface area contributed by atoms with E-state index in [1.54, 1.807) is 4.57 Å². The van der Waals surface area contributed by atoms with E-state index in [1.165, 1.54) is 17.8 Å². The lowest BCUT2D eigenvalue weighted by molar-refractivity contribution is -0.113. The van der Waals surface area contributed by atoms with Gasteiger partial charge in [-0.15, -0.1) is 0 Å². The molecule has 32 heavy (non-hydrogen) atoms. The van der Waals surface area contributed by atoms with Gasteiger partial charge < -0.3 is 10.1 Å². The van der Waals surface area contributed by atoms with Gasteiger partial charge in [0.2, 0.25) is 5.91 Å². The Kier molecular flexibility index (Phi) is 7.54. The number of morpholine rings is 1. The Balaban J connectivity index is 1.37. The number of anilines is 1. The van der Waals surface area contributed by atoms with Crippen molar-refractivity contribution in [1.29, 1.82) is 0 Å². The molecule has 1 aromatic carbocycles. The molecule has 0 saturated carbocycles. The third-order valence-corrected chi connectivity index (χ3v) is 6.72. The topological polar surface area (TPSA) is 76.5 Å². The van der Waals surface area contributed by atoms with Crippen molar-refractivity contribution in [2.75, 3.05) is 43.9 Å². The Hall–Kier alpha value is -2.30. The lowest BCUT2D eigenvalue weighted by Crippen LogP contribution is -2.37. The van der Waals surface area contributed by atoms with Crippen LogP contribution in [-0.2, 0) is 28.9 Å². The van der Waals surface area contributed by atoms with Crippen LogP contribution < -0.4 is 11.0 Å². The van der Waals surface area contributed by atoms with Gasteiger partial charge in [-0.05, 0) is 37.8 Å². The molecule has 1 amide bonds. The van der Waals surface area contributed by atoms with Crippen LogP contribution in [0.15, 0.2) is 28.0 Å². The van der Waals surface area contributed by atoms with Gasteiger partial charge in [-0.3, -0.25) is 14.3 Å². The van der Waals surface area contributed by atoms with Crippen molar-refractivity contribution in [2.24, 2.45) is 0 Å². The second-order valence-electron chi connectivity index (χ2n) is 7.90. The average Bonchev–Trinajstić information content (AvgIpc) is 3.27. The number of carbonyl (C=O) groups is 1. The van der Waals surface area contributed by atoms with Crippen LogP contribution in [0.25, 0.3) is 0 Å². The number of aromatic nitrogens is 2. The predicted octanol–water partition coefficient (Wildman–Crippen LogP) is 2.46. The van der Waals surface area contributed by atoms with E-state index >= 15 is 0 Å². The summed E-state index contributed by atoms with van der Waals surface area (Å²) in [6.07, 6.45) is 3.49. The van der Waals surface area contributed by atoms with E-state index in [1.807, 2.05) is 0 Å². The number of thioether (sulfide) groups is 1. The Labute approximate surface area is 189 Å². The summed E-state index contributed by atoms with van der Waals surface area (Å²) in [5, 5.41) is 3.13. The standard InChI is InChI=1S/C22H26F2N4O3S/c23-17-6-5-15(13-18(17)24)25-20(29)14-32-21-16-3-1-4-19(16)28(22(30)26-21)8-2-7-27-9-11-31-12-10-27/h5-6,13H,1-4,7-12,14H2,(H,25,29). The SMILES string of the molecule is O=C(CSc1nc(=O)n(CCCN2CCOCC2)c2c1CCC2)Nc1ccc(F)c(F)c1. The van der Waals surface area contributed by atoms with Crippen molar-refractivity contribution < 1.29 is 18.3 Å². The number of halogens is 2. The number of hydrogen-bond donors (Lipinski definition) is 1. The van der Waals surface area contributed by atoms with Crippen LogP contribution in [-0.4, -0.2) is 59.0 Å². The Bertz CT molecular complexity index is 1040. The van der Waals surface area contributed by atoms with E-state index < -0.39 is 11.6 Å². The number of carbonyl (C=O) groups excluding carboxylic acids is 1. The van der Waals surface area contributed by atoms with E-state index in [2.05, 4.69) is 15.2 Å². The third kappa shape index (κ3) is 5.54. The van der Waals surface area contributed by atoms with Crippen LogP contribution >= 0.6 is 11.8 Å². The quantitative estimate of drug-likeness (QED) is 0.478. The molecule has 1 aliphatic heterocycles. The van der Waals surface area contributed by atoms with Gasteiger partial charge in [0, 0.05) is 49.2 Å². The van der Waals surface area contributed by atoms with E-state index in [0.717, 1.165) is 81.9 Å². The van der Waals surface area contributed by atoms with Gasteiger partial charge >= 0.3 is 5.69 Å². The maximum absolute atomic E-state index is 13.3. The molecule has 1 N–H and O–H groups in total. The van der Waals surface area contributed by atoms with Gasteiger partial charge in [0.1, 0.15) is 5.03 Å². The molecular formula is C22H26F2N4O3S. The summed E-state index contributed by atoms with van der Waals surface area (Å²) in [5.74, 6) is -2.34. The van der Waals surface area contributed by atoms with Crippen LogP contribution in [0.2, 0.25) is 0 Å². The fourth-order valence-corrected chi connectivity index (χ4v) is 4.99. The number of rotatable bonds is 8. The number of fused-ring (bicyclic) bond motifs is 1. The first-order valence-electron chi connectivity index (χ1n) is 10.8. The van der Waals surface area contributed by atoms with Crippen molar-refractivity contribution in [3.05, 3.63) is 51.6 Å². The minimum absolute atomic E-state index is 0.0267. The van der Waals surface area contributed by atoms with E-state index in [9.17, 15) is 18.4 Å². The van der Waals surface area contributed by atoms with Gasteiger partial charge in [-0.25, -0.2) is 13.6 Å². The van der Waals surface area contributed by atoms with Crippen LogP contribution in [0.5, 0.6) is 0 Å². The molecule has 0 atom stereocenters. The summed E-state index contributed by atoms with van der Waals surface area (Å²) in [5.41, 5.74) is 1.97. The van der Waals surface area contributed by atoms with Crippen LogP contribution in [0, 0.1) is 11.6 Å². The number of benzene rings is 1. The molecular weight excluding hydrogens is 438 g/mol. The summed E-state index contributed by atoms with van der Waals surface area (Å²) in [6.45, 7) is 4.91. The molecule has 0 radical (unpaired) electrons. The predicted molar refractivity (Wildman–Crippen MR) is 118 cm³/mol. The third-order valence-electron chi connectivity index (χ3n) is 5.70. The molecule has 2 aromatic rings. The second-order valence-corrected chi connectivity index (χ2v) is 8.87. The lowest BCUT2D eigenvalue weighted by Gasteiger charge is -2.26. The molecule has 0 bridgehead atoms. The molecule has 1 aliphatic carbocycles. The summed E-state index contributed by atoms with van der Waals surface area (Å²) in [6, 6.07) is 3.20. The van der Waals surface area contributed by atoms with Gasteiger partial charge in [-0.2, -0.15) is 4.98 Å². The zero-order valence-corrected chi connectivity index (χ0v) is 18.6. The van der Waals surface area contributed by atoms with Gasteiger partial charge in [0.05, 0.1) is 19.0 Å². The second kappa shape index (κ2) is 10.5. The Morgan fingerprint density at radius 2 is 1.97 bits per heavy atom. The molecule has 7 nitrogen and oxygen atoms in total. The molecule has 1 saturated heterocycles. The smallest absolute Gasteiger partial charge is 0.348 e. The molecule has 0 spiro atoms. The van der Waals surface area contributed by atoms with E-state index in [4.69, 9.17) is 4.74 Å². The largest absolute Gasteiger partial charge is 0.379 e. The summed E-state index contributed by atoms with van der Waals surface area (Å²) >= 11 is 1.20. The zero-order valence-electron chi connectivity index (χ0n) is 17.7. The fraction of sp³-hybridized carbons (Fsp3) is 0.500. The van der Waals surface area contributed by atoms with Gasteiger partial charge in [0.15, 0.2) is 11.6 Å². The molecule has 1 aromatic heterocycles. The summed E-state index contributed by atoms with van der Waals surface area (Å²) in [7, 11) is 0. The van der Waals surface area contributed by atoms with Crippen molar-refractivity contribution in [1.82, 2.24) is 14.5 Å². The minimum Gasteiger partial charge on any atom is -0.379 e. The molecule has 2 aliphatic rings. The summed E-state index contributed by atoms with van der Waals surface area (Å²) in [4.78, 5) is 31.6. The first-order chi connectivity index (χ1) is 15.5. The highest BCUT2D eigenvalue weighted by molar-refractivity contribution is 8.00. The summed E-state index contributed by atoms with van der Waals surface area (Å²) < 4.78 is 33.5. The van der Waals surface area contributed by atoms with Gasteiger partial charge in [-0.1, -0.05) is 11.8 Å². The highest BCUT2D eigenvalue weighted by Gasteiger charge is 2.22. The first kappa shape index (κ1) is 22.9. The molecule has 2 heterocycles. The number of nitrogens with one attached hydrogen (secondary N) is 1. The number of ether oxygens (including phenoxy) is 1. The maximum Gasteiger partial charge on any atom is 0.348 e. The lowest BCUT2D eigenvalue weighted by atomic mass is 10.2. The van der Waals surface area contributed by atoms with E-state index in [-0.39, 0.29) is 23.0 Å².